The molecule has 0 aliphatic heterocycles. The monoisotopic (exact) mass is 318 g/mol. The lowest BCUT2D eigenvalue weighted by Gasteiger charge is -2.20. The van der Waals surface area contributed by atoms with Crippen molar-refractivity contribution < 1.29 is 14.8 Å². The molecule has 2 amide bonds. The number of hydrogen-bond acceptors (Lipinski definition) is 4. The Labute approximate surface area is 132 Å². The predicted octanol–water partition coefficient (Wildman–Crippen LogP) is 3.54. The zero-order valence-corrected chi connectivity index (χ0v) is 12.9. The highest BCUT2D eigenvalue weighted by molar-refractivity contribution is 7.20. The molecular formula is C16H18N2O3S. The molecule has 1 aromatic carbocycles. The number of amides is 2. The van der Waals surface area contributed by atoms with Gasteiger partial charge in [-0.1, -0.05) is 19.3 Å². The lowest BCUT2D eigenvalue weighted by molar-refractivity contribution is -0.120. The summed E-state index contributed by atoms with van der Waals surface area (Å²) in [5, 5.41) is 12.5. The number of hydrogen-bond donors (Lipinski definition) is 3. The number of fused-ring (bicyclic) bond motifs is 1. The molecule has 0 spiro atoms. The average molecular weight is 318 g/mol. The molecule has 0 unspecified atom stereocenters. The third kappa shape index (κ3) is 3.13. The molecule has 1 saturated carbocycles. The van der Waals surface area contributed by atoms with Gasteiger partial charge in [0, 0.05) is 16.3 Å². The molecule has 1 aliphatic rings. The van der Waals surface area contributed by atoms with Gasteiger partial charge in [-0.25, -0.2) is 5.48 Å². The zero-order valence-electron chi connectivity index (χ0n) is 12.1. The molecule has 1 heterocycles. The van der Waals surface area contributed by atoms with Crippen molar-refractivity contribution in [3.05, 3.63) is 29.1 Å². The fraction of sp³-hybridized carbons (Fsp3) is 0.375. The Balaban J connectivity index is 1.76. The van der Waals surface area contributed by atoms with Crippen LogP contribution in [0.5, 0.6) is 0 Å². The zero-order chi connectivity index (χ0) is 15.5. The van der Waals surface area contributed by atoms with Crippen LogP contribution in [0.2, 0.25) is 0 Å². The van der Waals surface area contributed by atoms with Gasteiger partial charge < -0.3 is 5.32 Å². The summed E-state index contributed by atoms with van der Waals surface area (Å²) < 4.78 is 0.939. The molecule has 116 valence electrons. The number of anilines is 1. The van der Waals surface area contributed by atoms with Crippen molar-refractivity contribution in [3.63, 3.8) is 0 Å². The van der Waals surface area contributed by atoms with Crippen LogP contribution in [0.4, 0.5) is 5.69 Å². The second kappa shape index (κ2) is 6.46. The van der Waals surface area contributed by atoms with Gasteiger partial charge in [-0.2, -0.15) is 0 Å². The summed E-state index contributed by atoms with van der Waals surface area (Å²) in [7, 11) is 0. The number of benzene rings is 1. The van der Waals surface area contributed by atoms with Crippen LogP contribution in [-0.2, 0) is 4.79 Å². The van der Waals surface area contributed by atoms with Crippen LogP contribution < -0.4 is 10.8 Å². The molecule has 2 aromatic rings. The number of carbonyl (C=O) groups is 2. The summed E-state index contributed by atoms with van der Waals surface area (Å²) in [6, 6.07) is 7.30. The standard InChI is InChI=1S/C16H18N2O3S/c19-15(10-4-2-1-3-5-10)17-12-6-7-13-11(8-12)9-14(22-13)16(20)18-21/h6-10,21H,1-5H2,(H,17,19)(H,18,20). The van der Waals surface area contributed by atoms with E-state index in [4.69, 9.17) is 5.21 Å². The Kier molecular flexibility index (Phi) is 4.40. The SMILES string of the molecule is O=C(NO)c1cc2cc(NC(=O)C3CCCCC3)ccc2s1. The van der Waals surface area contributed by atoms with Crippen LogP contribution in [0.15, 0.2) is 24.3 Å². The van der Waals surface area contributed by atoms with Crippen LogP contribution in [0.3, 0.4) is 0 Å². The van der Waals surface area contributed by atoms with Crippen molar-refractivity contribution in [2.24, 2.45) is 5.92 Å². The van der Waals surface area contributed by atoms with Crippen molar-refractivity contribution in [3.8, 4) is 0 Å². The molecule has 0 radical (unpaired) electrons. The maximum Gasteiger partial charge on any atom is 0.284 e. The number of thiophene rings is 1. The average Bonchev–Trinajstić information content (AvgIpc) is 2.98. The quantitative estimate of drug-likeness (QED) is 0.598. The molecule has 0 atom stereocenters. The summed E-state index contributed by atoms with van der Waals surface area (Å²) in [4.78, 5) is 24.1. The van der Waals surface area contributed by atoms with Gasteiger partial charge in [0.2, 0.25) is 5.91 Å². The molecule has 5 nitrogen and oxygen atoms in total. The van der Waals surface area contributed by atoms with Crippen LogP contribution >= 0.6 is 11.3 Å². The summed E-state index contributed by atoms with van der Waals surface area (Å²) in [5.41, 5.74) is 2.38. The minimum absolute atomic E-state index is 0.0857. The van der Waals surface area contributed by atoms with Crippen LogP contribution in [0.1, 0.15) is 41.8 Å². The fourth-order valence-corrected chi connectivity index (χ4v) is 3.83. The van der Waals surface area contributed by atoms with E-state index in [1.54, 1.807) is 11.5 Å². The molecule has 22 heavy (non-hydrogen) atoms. The minimum atomic E-state index is -0.519. The highest BCUT2D eigenvalue weighted by Gasteiger charge is 2.21. The van der Waals surface area contributed by atoms with Gasteiger partial charge in [0.15, 0.2) is 0 Å². The summed E-state index contributed by atoms with van der Waals surface area (Å²) in [5.74, 6) is -0.320. The van der Waals surface area contributed by atoms with Crippen LogP contribution in [0.25, 0.3) is 10.1 Å². The van der Waals surface area contributed by atoms with Crippen molar-refractivity contribution in [2.75, 3.05) is 5.32 Å². The second-order valence-electron chi connectivity index (χ2n) is 5.63. The normalized spacial score (nSPS) is 15.7. The summed E-state index contributed by atoms with van der Waals surface area (Å²) in [6.45, 7) is 0. The van der Waals surface area contributed by atoms with E-state index >= 15 is 0 Å². The van der Waals surface area contributed by atoms with Gasteiger partial charge in [0.25, 0.3) is 5.91 Å². The van der Waals surface area contributed by atoms with Gasteiger partial charge >= 0.3 is 0 Å². The van der Waals surface area contributed by atoms with E-state index in [1.807, 2.05) is 18.2 Å². The number of carbonyl (C=O) groups excluding carboxylic acids is 2. The van der Waals surface area contributed by atoms with Gasteiger partial charge in [-0.15, -0.1) is 11.3 Å². The largest absolute Gasteiger partial charge is 0.326 e. The molecule has 1 aliphatic carbocycles. The van der Waals surface area contributed by atoms with Gasteiger partial charge in [-0.05, 0) is 42.5 Å². The van der Waals surface area contributed by atoms with E-state index in [9.17, 15) is 9.59 Å². The van der Waals surface area contributed by atoms with E-state index in [0.717, 1.165) is 41.5 Å². The Hall–Kier alpha value is -1.92. The first-order valence-corrected chi connectivity index (χ1v) is 8.28. The first kappa shape index (κ1) is 15.0. The second-order valence-corrected chi connectivity index (χ2v) is 6.71. The van der Waals surface area contributed by atoms with E-state index in [0.29, 0.717) is 4.88 Å². The van der Waals surface area contributed by atoms with Crippen LogP contribution in [-0.4, -0.2) is 17.0 Å². The van der Waals surface area contributed by atoms with Crippen molar-refractivity contribution in [1.29, 1.82) is 0 Å². The molecule has 3 N–H and O–H groups in total. The van der Waals surface area contributed by atoms with E-state index in [2.05, 4.69) is 5.32 Å². The molecular weight excluding hydrogens is 300 g/mol. The maximum absolute atomic E-state index is 12.3. The third-order valence-electron chi connectivity index (χ3n) is 4.09. The van der Waals surface area contributed by atoms with Crippen molar-refractivity contribution in [2.45, 2.75) is 32.1 Å². The topological polar surface area (TPSA) is 78.4 Å². The molecule has 1 aromatic heterocycles. The Morgan fingerprint density at radius 1 is 1.14 bits per heavy atom. The van der Waals surface area contributed by atoms with Gasteiger partial charge in [-0.3, -0.25) is 14.8 Å². The fourth-order valence-electron chi connectivity index (χ4n) is 2.90. The highest BCUT2D eigenvalue weighted by Crippen LogP contribution is 2.29. The summed E-state index contributed by atoms with van der Waals surface area (Å²) >= 11 is 1.30. The molecule has 3 rings (SSSR count). The first-order valence-electron chi connectivity index (χ1n) is 7.46. The first-order chi connectivity index (χ1) is 10.7. The molecule has 6 heteroatoms. The lowest BCUT2D eigenvalue weighted by atomic mass is 9.88. The third-order valence-corrected chi connectivity index (χ3v) is 5.20. The summed E-state index contributed by atoms with van der Waals surface area (Å²) in [6.07, 6.45) is 5.41. The lowest BCUT2D eigenvalue weighted by Crippen LogP contribution is -2.24. The molecule has 0 saturated heterocycles. The van der Waals surface area contributed by atoms with E-state index in [-0.39, 0.29) is 11.8 Å². The molecule has 1 fully saturated rings. The van der Waals surface area contributed by atoms with Gasteiger partial charge in [0.05, 0.1) is 4.88 Å². The predicted molar refractivity (Wildman–Crippen MR) is 86.3 cm³/mol. The van der Waals surface area contributed by atoms with Gasteiger partial charge in [0.1, 0.15) is 0 Å². The van der Waals surface area contributed by atoms with Crippen molar-refractivity contribution >= 4 is 38.9 Å². The smallest absolute Gasteiger partial charge is 0.284 e. The van der Waals surface area contributed by atoms with Crippen molar-refractivity contribution in [1.82, 2.24) is 5.48 Å². The van der Waals surface area contributed by atoms with E-state index < -0.39 is 5.91 Å². The van der Waals surface area contributed by atoms with Crippen LogP contribution in [0, 0.1) is 5.92 Å². The maximum atomic E-state index is 12.3. The number of rotatable bonds is 3. The minimum Gasteiger partial charge on any atom is -0.326 e. The Morgan fingerprint density at radius 2 is 1.91 bits per heavy atom. The number of nitrogens with one attached hydrogen (secondary N) is 2. The van der Waals surface area contributed by atoms with E-state index in [1.165, 1.54) is 17.8 Å². The molecule has 0 bridgehead atoms. The Morgan fingerprint density at radius 3 is 2.64 bits per heavy atom. The Bertz CT molecular complexity index is 704. The number of hydroxylamine groups is 1. The highest BCUT2D eigenvalue weighted by atomic mass is 32.1.